The van der Waals surface area contributed by atoms with Gasteiger partial charge in [-0.15, -0.1) is 0 Å². The number of nitrogens with one attached hydrogen (secondary N) is 1. The first kappa shape index (κ1) is 20.6. The molecule has 5 aromatic rings. The Morgan fingerprint density at radius 1 is 1.00 bits per heavy atom. The number of H-pyrrole nitrogens is 1. The Hall–Kier alpha value is -2.97. The lowest BCUT2D eigenvalue weighted by Gasteiger charge is -2.22. The van der Waals surface area contributed by atoms with Crippen molar-refractivity contribution in [2.75, 3.05) is 18.1 Å². The molecule has 0 spiro atoms. The van der Waals surface area contributed by atoms with Crippen molar-refractivity contribution in [3.63, 3.8) is 0 Å². The fourth-order valence-electron chi connectivity index (χ4n) is 4.40. The summed E-state index contributed by atoms with van der Waals surface area (Å²) in [7, 11) is 0. The standard InChI is InChI=1S/C25H19Br2N5O/c1-14-30-21-4-2-16(9-22(21)31-14)15-3-5-23-17(8-15)12-32(6-7-33-23)25-19-10-18(26)11-20(27)24(19)28-13-29-25/h2-5,8-11,13H,6-7,12H2,1H3,(H,30,31). The average molecular weight is 565 g/mol. The smallest absolute Gasteiger partial charge is 0.140 e. The molecule has 1 aliphatic heterocycles. The van der Waals surface area contributed by atoms with Gasteiger partial charge in [0.2, 0.25) is 0 Å². The molecule has 0 radical (unpaired) electrons. The van der Waals surface area contributed by atoms with E-state index in [1.165, 1.54) is 0 Å². The van der Waals surface area contributed by atoms with Crippen LogP contribution < -0.4 is 9.64 Å². The number of rotatable bonds is 2. The molecule has 2 aromatic heterocycles. The molecule has 3 aromatic carbocycles. The Bertz CT molecular complexity index is 1530. The van der Waals surface area contributed by atoms with Gasteiger partial charge in [0, 0.05) is 26.4 Å². The molecule has 0 fully saturated rings. The number of aryl methyl sites for hydroxylation is 1. The lowest BCUT2D eigenvalue weighted by molar-refractivity contribution is 0.331. The number of nitrogens with zero attached hydrogens (tertiary/aromatic N) is 4. The molecule has 0 saturated carbocycles. The van der Waals surface area contributed by atoms with Crippen LogP contribution in [0.4, 0.5) is 5.82 Å². The van der Waals surface area contributed by atoms with Gasteiger partial charge in [-0.2, -0.15) is 0 Å². The molecule has 0 aliphatic carbocycles. The van der Waals surface area contributed by atoms with Crippen molar-refractivity contribution in [1.29, 1.82) is 0 Å². The highest BCUT2D eigenvalue weighted by atomic mass is 79.9. The van der Waals surface area contributed by atoms with Crippen LogP contribution in [0.25, 0.3) is 33.1 Å². The fourth-order valence-corrected chi connectivity index (χ4v) is 5.73. The van der Waals surface area contributed by atoms with Crippen molar-refractivity contribution in [2.45, 2.75) is 13.5 Å². The molecular weight excluding hydrogens is 546 g/mol. The summed E-state index contributed by atoms with van der Waals surface area (Å²) >= 11 is 7.23. The molecule has 0 amide bonds. The van der Waals surface area contributed by atoms with Crippen LogP contribution in [0.1, 0.15) is 11.4 Å². The topological polar surface area (TPSA) is 66.9 Å². The summed E-state index contributed by atoms with van der Waals surface area (Å²) in [5.74, 6) is 2.74. The third-order valence-corrected chi connectivity index (χ3v) is 6.97. The molecule has 0 unspecified atom stereocenters. The first-order valence-electron chi connectivity index (χ1n) is 10.6. The van der Waals surface area contributed by atoms with Crippen LogP contribution in [0.5, 0.6) is 5.75 Å². The molecule has 3 heterocycles. The third-order valence-electron chi connectivity index (χ3n) is 5.91. The summed E-state index contributed by atoms with van der Waals surface area (Å²) in [6, 6.07) is 16.8. The highest BCUT2D eigenvalue weighted by Crippen LogP contribution is 2.35. The molecule has 0 atom stereocenters. The molecule has 0 saturated heterocycles. The lowest BCUT2D eigenvalue weighted by Crippen LogP contribution is -2.26. The van der Waals surface area contributed by atoms with E-state index in [2.05, 4.69) is 99.2 Å². The highest BCUT2D eigenvalue weighted by molar-refractivity contribution is 9.11. The Balaban J connectivity index is 1.41. The number of aromatic nitrogens is 4. The number of ether oxygens (including phenoxy) is 1. The monoisotopic (exact) mass is 563 g/mol. The quantitative estimate of drug-likeness (QED) is 0.268. The van der Waals surface area contributed by atoms with Crippen molar-refractivity contribution in [2.24, 2.45) is 0 Å². The Morgan fingerprint density at radius 3 is 2.76 bits per heavy atom. The van der Waals surface area contributed by atoms with Gasteiger partial charge < -0.3 is 14.6 Å². The first-order chi connectivity index (χ1) is 16.0. The molecule has 6 rings (SSSR count). The number of hydrogen-bond donors (Lipinski definition) is 1. The fraction of sp³-hybridized carbons (Fsp3) is 0.160. The van der Waals surface area contributed by atoms with Crippen molar-refractivity contribution < 1.29 is 4.74 Å². The number of aromatic amines is 1. The molecule has 1 aliphatic rings. The zero-order valence-corrected chi connectivity index (χ0v) is 20.9. The molecule has 1 N–H and O–H groups in total. The average Bonchev–Trinajstić information content (AvgIpc) is 3.04. The number of benzene rings is 3. The van der Waals surface area contributed by atoms with Crippen LogP contribution in [0.15, 0.2) is 63.8 Å². The Morgan fingerprint density at radius 2 is 1.85 bits per heavy atom. The van der Waals surface area contributed by atoms with E-state index >= 15 is 0 Å². The summed E-state index contributed by atoms with van der Waals surface area (Å²) in [6.45, 7) is 4.00. The number of hydrogen-bond acceptors (Lipinski definition) is 5. The zero-order valence-electron chi connectivity index (χ0n) is 17.8. The molecule has 6 nitrogen and oxygen atoms in total. The van der Waals surface area contributed by atoms with E-state index in [1.54, 1.807) is 6.33 Å². The molecule has 33 heavy (non-hydrogen) atoms. The van der Waals surface area contributed by atoms with Gasteiger partial charge in [0.25, 0.3) is 0 Å². The van der Waals surface area contributed by atoms with Gasteiger partial charge in [0.1, 0.15) is 30.3 Å². The molecular formula is C25H19Br2N5O. The second kappa shape index (κ2) is 8.11. The van der Waals surface area contributed by atoms with E-state index in [0.29, 0.717) is 13.2 Å². The van der Waals surface area contributed by atoms with Crippen LogP contribution in [-0.2, 0) is 6.54 Å². The number of anilines is 1. The second-order valence-corrected chi connectivity index (χ2v) is 9.90. The molecule has 164 valence electrons. The van der Waals surface area contributed by atoms with Gasteiger partial charge in [-0.25, -0.2) is 15.0 Å². The van der Waals surface area contributed by atoms with Gasteiger partial charge >= 0.3 is 0 Å². The summed E-state index contributed by atoms with van der Waals surface area (Å²) in [6.07, 6.45) is 1.63. The van der Waals surface area contributed by atoms with Crippen molar-refractivity contribution >= 4 is 59.6 Å². The lowest BCUT2D eigenvalue weighted by atomic mass is 10.0. The van der Waals surface area contributed by atoms with Crippen molar-refractivity contribution in [1.82, 2.24) is 19.9 Å². The maximum Gasteiger partial charge on any atom is 0.140 e. The normalized spacial score (nSPS) is 13.7. The van der Waals surface area contributed by atoms with Crippen molar-refractivity contribution in [3.8, 4) is 16.9 Å². The summed E-state index contributed by atoms with van der Waals surface area (Å²) in [5, 5.41) is 0.999. The zero-order chi connectivity index (χ0) is 22.5. The maximum absolute atomic E-state index is 6.10. The van der Waals surface area contributed by atoms with Gasteiger partial charge in [-0.3, -0.25) is 0 Å². The van der Waals surface area contributed by atoms with Crippen LogP contribution in [0, 0.1) is 6.92 Å². The van der Waals surface area contributed by atoms with Crippen LogP contribution >= 0.6 is 31.9 Å². The van der Waals surface area contributed by atoms with Gasteiger partial charge in [-0.05, 0) is 70.4 Å². The predicted molar refractivity (Wildman–Crippen MR) is 138 cm³/mol. The Kier molecular flexibility index (Phi) is 5.07. The van der Waals surface area contributed by atoms with E-state index in [4.69, 9.17) is 4.74 Å². The van der Waals surface area contributed by atoms with Gasteiger partial charge in [-0.1, -0.05) is 28.1 Å². The predicted octanol–water partition coefficient (Wildman–Crippen LogP) is 6.41. The summed E-state index contributed by atoms with van der Waals surface area (Å²) in [4.78, 5) is 19.2. The number of fused-ring (bicyclic) bond motifs is 3. The van der Waals surface area contributed by atoms with E-state index in [-0.39, 0.29) is 0 Å². The molecule has 8 heteroatoms. The van der Waals surface area contributed by atoms with E-state index in [1.807, 2.05) is 13.0 Å². The van der Waals surface area contributed by atoms with Gasteiger partial charge in [0.05, 0.1) is 23.1 Å². The van der Waals surface area contributed by atoms with Gasteiger partial charge in [0.15, 0.2) is 0 Å². The van der Waals surface area contributed by atoms with Crippen molar-refractivity contribution in [3.05, 3.63) is 75.2 Å². The minimum atomic E-state index is 0.590. The number of imidazole rings is 1. The Labute approximate surface area is 207 Å². The second-order valence-electron chi connectivity index (χ2n) is 8.13. The minimum absolute atomic E-state index is 0.590. The van der Waals surface area contributed by atoms with E-state index in [9.17, 15) is 0 Å². The van der Waals surface area contributed by atoms with Crippen LogP contribution in [-0.4, -0.2) is 33.1 Å². The van der Waals surface area contributed by atoms with E-state index < -0.39 is 0 Å². The summed E-state index contributed by atoms with van der Waals surface area (Å²) < 4.78 is 8.03. The number of halogens is 2. The van der Waals surface area contributed by atoms with Crippen LogP contribution in [0.2, 0.25) is 0 Å². The highest BCUT2D eigenvalue weighted by Gasteiger charge is 2.20. The summed E-state index contributed by atoms with van der Waals surface area (Å²) in [5.41, 5.74) is 6.34. The minimum Gasteiger partial charge on any atom is -0.491 e. The maximum atomic E-state index is 6.10. The largest absolute Gasteiger partial charge is 0.491 e. The van der Waals surface area contributed by atoms with E-state index in [0.717, 1.165) is 71.5 Å². The third kappa shape index (κ3) is 3.77. The molecule has 0 bridgehead atoms. The first-order valence-corrected chi connectivity index (χ1v) is 12.2. The van der Waals surface area contributed by atoms with Crippen LogP contribution in [0.3, 0.4) is 0 Å². The SMILES string of the molecule is Cc1nc2ccc(-c3ccc4c(c3)CN(c3ncnc5c(Br)cc(Br)cc35)CCO4)cc2[nH]1.